The quantitative estimate of drug-likeness (QED) is 0.428. The van der Waals surface area contributed by atoms with Crippen LogP contribution in [0.15, 0.2) is 18.2 Å². The molecular formula is C17H25NO4. The summed E-state index contributed by atoms with van der Waals surface area (Å²) in [5.74, 6) is -1.14. The van der Waals surface area contributed by atoms with Crippen LogP contribution in [0.25, 0.3) is 0 Å². The summed E-state index contributed by atoms with van der Waals surface area (Å²) >= 11 is 0. The molecular weight excluding hydrogens is 282 g/mol. The normalized spacial score (nSPS) is 10.3. The van der Waals surface area contributed by atoms with Crippen LogP contribution in [0, 0.1) is 0 Å². The molecule has 0 aliphatic carbocycles. The maximum atomic E-state index is 12.2. The number of hydrogen-bond donors (Lipinski definition) is 1. The third-order valence-electron chi connectivity index (χ3n) is 3.28. The molecule has 0 spiro atoms. The summed E-state index contributed by atoms with van der Waals surface area (Å²) < 4.78 is 10.2. The molecule has 122 valence electrons. The molecule has 0 bridgehead atoms. The number of nitrogens with two attached hydrogens (primary N) is 1. The van der Waals surface area contributed by atoms with Crippen molar-refractivity contribution in [1.29, 1.82) is 0 Å². The molecule has 0 amide bonds. The van der Waals surface area contributed by atoms with Gasteiger partial charge in [-0.05, 0) is 25.5 Å². The minimum absolute atomic E-state index is 0.0921. The van der Waals surface area contributed by atoms with Crippen molar-refractivity contribution >= 4 is 17.6 Å². The van der Waals surface area contributed by atoms with Gasteiger partial charge < -0.3 is 15.2 Å². The van der Waals surface area contributed by atoms with E-state index in [0.717, 1.165) is 19.3 Å². The minimum atomic E-state index is -0.573. The van der Waals surface area contributed by atoms with Crippen LogP contribution in [-0.4, -0.2) is 25.2 Å². The zero-order valence-electron chi connectivity index (χ0n) is 13.4. The van der Waals surface area contributed by atoms with Crippen molar-refractivity contribution < 1.29 is 19.1 Å². The van der Waals surface area contributed by atoms with Crippen LogP contribution in [-0.2, 0) is 9.47 Å². The summed E-state index contributed by atoms with van der Waals surface area (Å²) in [4.78, 5) is 24.1. The summed E-state index contributed by atoms with van der Waals surface area (Å²) in [6.07, 6.45) is 5.33. The molecule has 0 heterocycles. The number of hydrogen-bond acceptors (Lipinski definition) is 5. The molecule has 0 saturated heterocycles. The van der Waals surface area contributed by atoms with E-state index in [1.165, 1.54) is 18.9 Å². The van der Waals surface area contributed by atoms with Gasteiger partial charge in [0.2, 0.25) is 0 Å². The molecule has 22 heavy (non-hydrogen) atoms. The smallest absolute Gasteiger partial charge is 0.341 e. The molecule has 0 atom stereocenters. The Morgan fingerprint density at radius 3 is 2.41 bits per heavy atom. The van der Waals surface area contributed by atoms with E-state index >= 15 is 0 Å². The fourth-order valence-corrected chi connectivity index (χ4v) is 2.12. The Balaban J connectivity index is 2.66. The van der Waals surface area contributed by atoms with E-state index < -0.39 is 11.9 Å². The number of ether oxygens (including phenoxy) is 2. The Morgan fingerprint density at radius 2 is 1.73 bits per heavy atom. The zero-order chi connectivity index (χ0) is 16.4. The Kier molecular flexibility index (Phi) is 8.04. The van der Waals surface area contributed by atoms with Gasteiger partial charge in [-0.1, -0.05) is 38.7 Å². The van der Waals surface area contributed by atoms with Crippen molar-refractivity contribution in [3.63, 3.8) is 0 Å². The molecule has 0 aromatic heterocycles. The highest BCUT2D eigenvalue weighted by Gasteiger charge is 2.21. The highest BCUT2D eigenvalue weighted by Crippen LogP contribution is 2.19. The van der Waals surface area contributed by atoms with E-state index in [4.69, 9.17) is 15.2 Å². The van der Waals surface area contributed by atoms with Crippen molar-refractivity contribution in [2.75, 3.05) is 18.9 Å². The van der Waals surface area contributed by atoms with Gasteiger partial charge in [0, 0.05) is 5.69 Å². The molecule has 5 heteroatoms. The number of benzene rings is 1. The van der Waals surface area contributed by atoms with Crippen molar-refractivity contribution in [2.24, 2.45) is 0 Å². The van der Waals surface area contributed by atoms with Crippen LogP contribution >= 0.6 is 0 Å². The van der Waals surface area contributed by atoms with E-state index in [-0.39, 0.29) is 23.4 Å². The molecule has 1 aromatic carbocycles. The number of carbonyl (C=O) groups excluding carboxylic acids is 2. The maximum Gasteiger partial charge on any atom is 0.341 e. The van der Waals surface area contributed by atoms with Crippen LogP contribution in [0.3, 0.4) is 0 Å². The SMILES string of the molecule is CCCCCCCOC(=O)c1c(N)cccc1C(=O)OCC. The number of carbonyl (C=O) groups is 2. The number of unbranched alkanes of at least 4 members (excludes halogenated alkanes) is 4. The molecule has 0 fully saturated rings. The third-order valence-corrected chi connectivity index (χ3v) is 3.28. The van der Waals surface area contributed by atoms with E-state index in [1.807, 2.05) is 0 Å². The lowest BCUT2D eigenvalue weighted by Crippen LogP contribution is -2.16. The topological polar surface area (TPSA) is 78.6 Å². The molecule has 0 radical (unpaired) electrons. The summed E-state index contributed by atoms with van der Waals surface area (Å²) in [7, 11) is 0. The predicted molar refractivity (Wildman–Crippen MR) is 85.9 cm³/mol. The summed E-state index contributed by atoms with van der Waals surface area (Å²) in [6.45, 7) is 4.42. The van der Waals surface area contributed by atoms with Gasteiger partial charge in [-0.15, -0.1) is 0 Å². The van der Waals surface area contributed by atoms with Crippen LogP contribution < -0.4 is 5.73 Å². The second-order valence-corrected chi connectivity index (χ2v) is 5.04. The standard InChI is InChI=1S/C17H25NO4/c1-3-5-6-7-8-12-22-17(20)15-13(16(19)21-4-2)10-9-11-14(15)18/h9-11H,3-8,12,18H2,1-2H3. The zero-order valence-corrected chi connectivity index (χ0v) is 13.4. The first kappa shape index (κ1) is 18.0. The summed E-state index contributed by atoms with van der Waals surface area (Å²) in [5.41, 5.74) is 6.28. The van der Waals surface area contributed by atoms with Crippen molar-refractivity contribution in [3.8, 4) is 0 Å². The lowest BCUT2D eigenvalue weighted by molar-refractivity contribution is 0.0463. The number of rotatable bonds is 9. The lowest BCUT2D eigenvalue weighted by Gasteiger charge is -2.11. The average Bonchev–Trinajstić information content (AvgIpc) is 2.50. The molecule has 5 nitrogen and oxygen atoms in total. The van der Waals surface area contributed by atoms with Gasteiger partial charge in [0.05, 0.1) is 24.3 Å². The second kappa shape index (κ2) is 9.82. The van der Waals surface area contributed by atoms with Gasteiger partial charge in [-0.25, -0.2) is 9.59 Å². The highest BCUT2D eigenvalue weighted by molar-refractivity contribution is 6.06. The van der Waals surface area contributed by atoms with Gasteiger partial charge in [-0.2, -0.15) is 0 Å². The molecule has 0 aliphatic rings. The Morgan fingerprint density at radius 1 is 1.00 bits per heavy atom. The fourth-order valence-electron chi connectivity index (χ4n) is 2.12. The molecule has 0 unspecified atom stereocenters. The van der Waals surface area contributed by atoms with Crippen molar-refractivity contribution in [3.05, 3.63) is 29.3 Å². The largest absolute Gasteiger partial charge is 0.462 e. The van der Waals surface area contributed by atoms with Gasteiger partial charge >= 0.3 is 11.9 Å². The molecule has 1 rings (SSSR count). The van der Waals surface area contributed by atoms with Gasteiger partial charge in [-0.3, -0.25) is 0 Å². The predicted octanol–water partition coefficient (Wildman–Crippen LogP) is 3.57. The highest BCUT2D eigenvalue weighted by atomic mass is 16.5. The van der Waals surface area contributed by atoms with Crippen molar-refractivity contribution in [1.82, 2.24) is 0 Å². The first-order valence-corrected chi connectivity index (χ1v) is 7.84. The Labute approximate surface area is 131 Å². The number of anilines is 1. The van der Waals surface area contributed by atoms with Crippen LogP contribution in [0.1, 0.15) is 66.7 Å². The van der Waals surface area contributed by atoms with E-state index in [9.17, 15) is 9.59 Å². The Hall–Kier alpha value is -2.04. The first-order chi connectivity index (χ1) is 10.6. The van der Waals surface area contributed by atoms with Crippen LogP contribution in [0.5, 0.6) is 0 Å². The number of esters is 2. The van der Waals surface area contributed by atoms with E-state index in [2.05, 4.69) is 6.92 Å². The monoisotopic (exact) mass is 307 g/mol. The van der Waals surface area contributed by atoms with Gasteiger partial charge in [0.1, 0.15) is 0 Å². The van der Waals surface area contributed by atoms with E-state index in [1.54, 1.807) is 19.1 Å². The first-order valence-electron chi connectivity index (χ1n) is 7.84. The maximum absolute atomic E-state index is 12.2. The number of nitrogen functional groups attached to an aromatic ring is 1. The second-order valence-electron chi connectivity index (χ2n) is 5.04. The van der Waals surface area contributed by atoms with Crippen LogP contribution in [0.2, 0.25) is 0 Å². The van der Waals surface area contributed by atoms with Gasteiger partial charge in [0.15, 0.2) is 0 Å². The molecule has 2 N–H and O–H groups in total. The van der Waals surface area contributed by atoms with E-state index in [0.29, 0.717) is 6.61 Å². The molecule has 0 aliphatic heterocycles. The Bertz CT molecular complexity index is 499. The van der Waals surface area contributed by atoms with Crippen LogP contribution in [0.4, 0.5) is 5.69 Å². The third kappa shape index (κ3) is 5.39. The fraction of sp³-hybridized carbons (Fsp3) is 0.529. The minimum Gasteiger partial charge on any atom is -0.462 e. The molecule has 0 saturated carbocycles. The summed E-state index contributed by atoms with van der Waals surface area (Å²) in [6, 6.07) is 4.70. The molecule has 1 aromatic rings. The lowest BCUT2D eigenvalue weighted by atomic mass is 10.1. The van der Waals surface area contributed by atoms with Gasteiger partial charge in [0.25, 0.3) is 0 Å². The van der Waals surface area contributed by atoms with Crippen molar-refractivity contribution in [2.45, 2.75) is 46.0 Å². The average molecular weight is 307 g/mol. The summed E-state index contributed by atoms with van der Waals surface area (Å²) in [5, 5.41) is 0.